The molecule has 0 amide bonds. The second-order valence-corrected chi connectivity index (χ2v) is 4.28. The lowest BCUT2D eigenvalue weighted by molar-refractivity contribution is 0.450. The minimum Gasteiger partial charge on any atom is -0.324 e. The molecule has 2 nitrogen and oxygen atoms in total. The normalized spacial score (nSPS) is 19.8. The SMILES string of the molecule is NC(CC1CCCC1)c1cccnc1. The first kappa shape index (κ1) is 9.66. The monoisotopic (exact) mass is 190 g/mol. The molecule has 0 saturated heterocycles. The standard InChI is InChI=1S/C12H18N2/c13-12(8-10-4-1-2-5-10)11-6-3-7-14-9-11/h3,6-7,9-10,12H,1-2,4-5,8,13H2. The number of aromatic nitrogens is 1. The van der Waals surface area contributed by atoms with Crippen LogP contribution in [0.1, 0.15) is 43.7 Å². The van der Waals surface area contributed by atoms with Gasteiger partial charge in [0.15, 0.2) is 0 Å². The molecular formula is C12H18N2. The number of nitrogens with two attached hydrogens (primary N) is 1. The molecule has 1 aromatic rings. The van der Waals surface area contributed by atoms with Crippen molar-refractivity contribution in [2.45, 2.75) is 38.1 Å². The van der Waals surface area contributed by atoms with E-state index in [-0.39, 0.29) is 6.04 Å². The summed E-state index contributed by atoms with van der Waals surface area (Å²) in [5, 5.41) is 0. The van der Waals surface area contributed by atoms with Crippen LogP contribution in [0.15, 0.2) is 24.5 Å². The molecule has 2 heteroatoms. The predicted molar refractivity (Wildman–Crippen MR) is 57.7 cm³/mol. The largest absolute Gasteiger partial charge is 0.324 e. The van der Waals surface area contributed by atoms with Gasteiger partial charge in [-0.2, -0.15) is 0 Å². The van der Waals surface area contributed by atoms with Gasteiger partial charge in [-0.15, -0.1) is 0 Å². The Morgan fingerprint density at radius 2 is 2.21 bits per heavy atom. The average molecular weight is 190 g/mol. The lowest BCUT2D eigenvalue weighted by Crippen LogP contribution is -2.14. The van der Waals surface area contributed by atoms with Crippen LogP contribution in [0.3, 0.4) is 0 Å². The van der Waals surface area contributed by atoms with Crippen LogP contribution in [0.2, 0.25) is 0 Å². The van der Waals surface area contributed by atoms with Gasteiger partial charge in [-0.3, -0.25) is 4.98 Å². The van der Waals surface area contributed by atoms with Crippen LogP contribution in [0.5, 0.6) is 0 Å². The van der Waals surface area contributed by atoms with Crippen LogP contribution < -0.4 is 5.73 Å². The highest BCUT2D eigenvalue weighted by Gasteiger charge is 2.18. The maximum atomic E-state index is 6.13. The highest BCUT2D eigenvalue weighted by atomic mass is 14.7. The summed E-state index contributed by atoms with van der Waals surface area (Å²) in [5.74, 6) is 0.852. The Bertz CT molecular complexity index is 265. The quantitative estimate of drug-likeness (QED) is 0.795. The first-order valence-corrected chi connectivity index (χ1v) is 5.52. The number of nitrogens with zero attached hydrogens (tertiary/aromatic N) is 1. The van der Waals surface area contributed by atoms with Crippen LogP contribution in [-0.4, -0.2) is 4.98 Å². The van der Waals surface area contributed by atoms with E-state index in [1.165, 1.54) is 31.2 Å². The lowest BCUT2D eigenvalue weighted by atomic mass is 9.95. The van der Waals surface area contributed by atoms with Crippen molar-refractivity contribution in [3.63, 3.8) is 0 Å². The fourth-order valence-corrected chi connectivity index (χ4v) is 2.34. The molecule has 1 aromatic heterocycles. The minimum absolute atomic E-state index is 0.187. The second-order valence-electron chi connectivity index (χ2n) is 4.28. The summed E-state index contributed by atoms with van der Waals surface area (Å²) in [6, 6.07) is 4.23. The molecule has 2 rings (SSSR count). The van der Waals surface area contributed by atoms with Gasteiger partial charge in [0.1, 0.15) is 0 Å². The molecule has 0 radical (unpaired) electrons. The van der Waals surface area contributed by atoms with Gasteiger partial charge in [0.05, 0.1) is 0 Å². The Hall–Kier alpha value is -0.890. The maximum absolute atomic E-state index is 6.13. The Kier molecular flexibility index (Phi) is 3.14. The Labute approximate surface area is 85.5 Å². The fourth-order valence-electron chi connectivity index (χ4n) is 2.34. The molecule has 1 heterocycles. The van der Waals surface area contributed by atoms with Crippen molar-refractivity contribution in [1.29, 1.82) is 0 Å². The van der Waals surface area contributed by atoms with Gasteiger partial charge >= 0.3 is 0 Å². The van der Waals surface area contributed by atoms with E-state index in [9.17, 15) is 0 Å². The summed E-state index contributed by atoms with van der Waals surface area (Å²) in [6.07, 6.45) is 10.3. The molecule has 0 aromatic carbocycles. The van der Waals surface area contributed by atoms with Gasteiger partial charge in [0.25, 0.3) is 0 Å². The van der Waals surface area contributed by atoms with E-state index in [0.717, 1.165) is 12.3 Å². The molecule has 1 saturated carbocycles. The molecule has 1 aliphatic carbocycles. The molecule has 0 bridgehead atoms. The maximum Gasteiger partial charge on any atom is 0.0315 e. The van der Waals surface area contributed by atoms with Gasteiger partial charge < -0.3 is 5.73 Å². The fraction of sp³-hybridized carbons (Fsp3) is 0.583. The number of hydrogen-bond donors (Lipinski definition) is 1. The molecule has 2 N–H and O–H groups in total. The summed E-state index contributed by atoms with van der Waals surface area (Å²) in [5.41, 5.74) is 7.31. The topological polar surface area (TPSA) is 38.9 Å². The molecular weight excluding hydrogens is 172 g/mol. The average Bonchev–Trinajstić information content (AvgIpc) is 2.72. The Morgan fingerprint density at radius 3 is 2.86 bits per heavy atom. The van der Waals surface area contributed by atoms with Crippen molar-refractivity contribution < 1.29 is 0 Å². The molecule has 14 heavy (non-hydrogen) atoms. The molecule has 1 fully saturated rings. The van der Waals surface area contributed by atoms with E-state index in [1.54, 1.807) is 6.20 Å². The first-order chi connectivity index (χ1) is 6.86. The van der Waals surface area contributed by atoms with E-state index < -0.39 is 0 Å². The van der Waals surface area contributed by atoms with Crippen molar-refractivity contribution in [3.05, 3.63) is 30.1 Å². The van der Waals surface area contributed by atoms with Crippen LogP contribution in [-0.2, 0) is 0 Å². The van der Waals surface area contributed by atoms with Crippen molar-refractivity contribution >= 4 is 0 Å². The third-order valence-corrected chi connectivity index (χ3v) is 3.17. The van der Waals surface area contributed by atoms with Crippen LogP contribution >= 0.6 is 0 Å². The smallest absolute Gasteiger partial charge is 0.0315 e. The third kappa shape index (κ3) is 2.32. The van der Waals surface area contributed by atoms with Crippen LogP contribution in [0.4, 0.5) is 0 Å². The van der Waals surface area contributed by atoms with Crippen molar-refractivity contribution in [2.24, 2.45) is 11.7 Å². The van der Waals surface area contributed by atoms with Gasteiger partial charge in [-0.05, 0) is 24.0 Å². The van der Waals surface area contributed by atoms with E-state index in [1.807, 2.05) is 12.3 Å². The molecule has 1 unspecified atom stereocenters. The number of hydrogen-bond acceptors (Lipinski definition) is 2. The number of rotatable bonds is 3. The number of pyridine rings is 1. The van der Waals surface area contributed by atoms with Gasteiger partial charge in [0.2, 0.25) is 0 Å². The molecule has 0 spiro atoms. The highest BCUT2D eigenvalue weighted by molar-refractivity contribution is 5.13. The Morgan fingerprint density at radius 1 is 1.43 bits per heavy atom. The molecule has 0 aliphatic heterocycles. The summed E-state index contributed by atoms with van der Waals surface area (Å²) in [7, 11) is 0. The van der Waals surface area contributed by atoms with E-state index in [2.05, 4.69) is 11.1 Å². The third-order valence-electron chi connectivity index (χ3n) is 3.17. The van der Waals surface area contributed by atoms with Crippen LogP contribution in [0, 0.1) is 5.92 Å². The van der Waals surface area contributed by atoms with E-state index in [4.69, 9.17) is 5.73 Å². The molecule has 1 aliphatic rings. The summed E-state index contributed by atoms with van der Waals surface area (Å²) >= 11 is 0. The van der Waals surface area contributed by atoms with Gasteiger partial charge in [-0.1, -0.05) is 31.7 Å². The van der Waals surface area contributed by atoms with Gasteiger partial charge in [0, 0.05) is 18.4 Å². The van der Waals surface area contributed by atoms with Crippen molar-refractivity contribution in [3.8, 4) is 0 Å². The highest BCUT2D eigenvalue weighted by Crippen LogP contribution is 2.31. The summed E-state index contributed by atoms with van der Waals surface area (Å²) in [6.45, 7) is 0. The zero-order valence-electron chi connectivity index (χ0n) is 8.52. The van der Waals surface area contributed by atoms with Crippen molar-refractivity contribution in [1.82, 2.24) is 4.98 Å². The van der Waals surface area contributed by atoms with E-state index in [0.29, 0.717) is 0 Å². The lowest BCUT2D eigenvalue weighted by Gasteiger charge is -2.15. The zero-order chi connectivity index (χ0) is 9.80. The van der Waals surface area contributed by atoms with Crippen LogP contribution in [0.25, 0.3) is 0 Å². The van der Waals surface area contributed by atoms with Crippen molar-refractivity contribution in [2.75, 3.05) is 0 Å². The molecule has 76 valence electrons. The second kappa shape index (κ2) is 4.56. The summed E-state index contributed by atoms with van der Waals surface area (Å²) < 4.78 is 0. The first-order valence-electron chi connectivity index (χ1n) is 5.52. The Balaban J connectivity index is 1.92. The minimum atomic E-state index is 0.187. The van der Waals surface area contributed by atoms with Gasteiger partial charge in [-0.25, -0.2) is 0 Å². The summed E-state index contributed by atoms with van der Waals surface area (Å²) in [4.78, 5) is 4.10. The zero-order valence-corrected chi connectivity index (χ0v) is 8.52. The molecule has 1 atom stereocenters. The van der Waals surface area contributed by atoms with E-state index >= 15 is 0 Å². The predicted octanol–water partition coefficient (Wildman–Crippen LogP) is 2.66.